The van der Waals surface area contributed by atoms with Crippen LogP contribution < -0.4 is 0 Å². The van der Waals surface area contributed by atoms with E-state index in [-0.39, 0.29) is 0 Å². The van der Waals surface area contributed by atoms with Gasteiger partial charge in [0, 0.05) is 36.3 Å². The summed E-state index contributed by atoms with van der Waals surface area (Å²) in [5, 5.41) is 12.4. The zero-order chi connectivity index (χ0) is 28.8. The molecule has 10 rings (SSSR count). The Balaban J connectivity index is 1.26. The Hall–Kier alpha value is -5.44. The smallest absolute Gasteiger partial charge is 0.143 e. The molecule has 0 amide bonds. The van der Waals surface area contributed by atoms with Crippen molar-refractivity contribution in [1.82, 2.24) is 0 Å². The molecule has 0 aliphatic heterocycles. The Bertz CT molecular complexity index is 2720. The summed E-state index contributed by atoms with van der Waals surface area (Å²) >= 11 is 1.88. The summed E-state index contributed by atoms with van der Waals surface area (Å²) in [5.74, 6) is 0. The fourth-order valence-corrected chi connectivity index (χ4v) is 8.44. The molecule has 8 aromatic carbocycles. The quantitative estimate of drug-likeness (QED) is 0.187. The van der Waals surface area contributed by atoms with Gasteiger partial charge in [-0.05, 0) is 79.5 Å². The average Bonchev–Trinajstić information content (AvgIpc) is 3.65. The Kier molecular flexibility index (Phi) is 4.94. The predicted octanol–water partition coefficient (Wildman–Crippen LogP) is 12.7. The molecule has 0 N–H and O–H groups in total. The van der Waals surface area contributed by atoms with Gasteiger partial charge in [0.2, 0.25) is 0 Å². The van der Waals surface area contributed by atoms with Crippen LogP contribution in [0.4, 0.5) is 0 Å². The van der Waals surface area contributed by atoms with E-state index in [0.717, 1.165) is 27.3 Å². The summed E-state index contributed by atoms with van der Waals surface area (Å²) in [4.78, 5) is 0. The Morgan fingerprint density at radius 3 is 1.64 bits per heavy atom. The molecule has 2 heterocycles. The molecule has 0 aliphatic carbocycles. The van der Waals surface area contributed by atoms with E-state index >= 15 is 0 Å². The number of rotatable bonds is 2. The first-order valence-corrected chi connectivity index (χ1v) is 15.8. The Labute approximate surface area is 257 Å². The van der Waals surface area contributed by atoms with Gasteiger partial charge in [0.15, 0.2) is 0 Å². The highest BCUT2D eigenvalue weighted by Gasteiger charge is 2.19. The van der Waals surface area contributed by atoms with Crippen LogP contribution in [0, 0.1) is 0 Å². The molecule has 0 spiro atoms. The van der Waals surface area contributed by atoms with Crippen LogP contribution in [0.15, 0.2) is 150 Å². The first-order chi connectivity index (χ1) is 21.8. The highest BCUT2D eigenvalue weighted by molar-refractivity contribution is 7.25. The van der Waals surface area contributed by atoms with Crippen LogP contribution >= 0.6 is 11.3 Å². The van der Waals surface area contributed by atoms with Crippen molar-refractivity contribution < 1.29 is 4.42 Å². The van der Waals surface area contributed by atoms with Gasteiger partial charge in [0.25, 0.3) is 0 Å². The molecule has 204 valence electrons. The molecular formula is C42H24OS. The molecule has 10 aromatic rings. The van der Waals surface area contributed by atoms with E-state index in [2.05, 4.69) is 146 Å². The summed E-state index contributed by atoms with van der Waals surface area (Å²) in [5.41, 5.74) is 6.89. The lowest BCUT2D eigenvalue weighted by Gasteiger charge is -2.18. The Morgan fingerprint density at radius 1 is 0.364 bits per heavy atom. The first kappa shape index (κ1) is 24.0. The number of thiophene rings is 1. The summed E-state index contributed by atoms with van der Waals surface area (Å²) in [6, 6.07) is 53.1. The van der Waals surface area contributed by atoms with Crippen molar-refractivity contribution in [2.45, 2.75) is 0 Å². The van der Waals surface area contributed by atoms with E-state index in [1.54, 1.807) is 0 Å². The van der Waals surface area contributed by atoms with E-state index in [4.69, 9.17) is 4.42 Å². The van der Waals surface area contributed by atoms with E-state index in [9.17, 15) is 0 Å². The van der Waals surface area contributed by atoms with Crippen molar-refractivity contribution in [3.05, 3.63) is 146 Å². The lowest BCUT2D eigenvalue weighted by molar-refractivity contribution is 0.672. The van der Waals surface area contributed by atoms with Gasteiger partial charge in [0.05, 0.1) is 0 Å². The minimum absolute atomic E-state index is 0.918. The normalized spacial score (nSPS) is 12.1. The van der Waals surface area contributed by atoms with Crippen LogP contribution in [0.1, 0.15) is 0 Å². The van der Waals surface area contributed by atoms with Gasteiger partial charge in [-0.1, -0.05) is 115 Å². The van der Waals surface area contributed by atoms with Gasteiger partial charge in [-0.3, -0.25) is 0 Å². The number of hydrogen-bond donors (Lipinski definition) is 0. The lowest BCUT2D eigenvalue weighted by atomic mass is 9.85. The van der Waals surface area contributed by atoms with Crippen molar-refractivity contribution in [2.24, 2.45) is 0 Å². The monoisotopic (exact) mass is 576 g/mol. The summed E-state index contributed by atoms with van der Waals surface area (Å²) in [7, 11) is 0. The van der Waals surface area contributed by atoms with E-state index in [1.807, 2.05) is 11.3 Å². The van der Waals surface area contributed by atoms with Crippen LogP contribution in [0.2, 0.25) is 0 Å². The maximum atomic E-state index is 6.47. The molecule has 44 heavy (non-hydrogen) atoms. The molecule has 0 atom stereocenters. The fourth-order valence-electron chi connectivity index (χ4n) is 7.29. The van der Waals surface area contributed by atoms with E-state index in [0.29, 0.717) is 0 Å². The summed E-state index contributed by atoms with van der Waals surface area (Å²) in [6.07, 6.45) is 0. The van der Waals surface area contributed by atoms with E-state index < -0.39 is 0 Å². The topological polar surface area (TPSA) is 13.1 Å². The summed E-state index contributed by atoms with van der Waals surface area (Å²) in [6.45, 7) is 0. The molecule has 0 radical (unpaired) electrons. The maximum Gasteiger partial charge on any atom is 0.143 e. The predicted molar refractivity (Wildman–Crippen MR) is 190 cm³/mol. The zero-order valence-corrected chi connectivity index (χ0v) is 24.5. The third-order valence-electron chi connectivity index (χ3n) is 9.25. The van der Waals surface area contributed by atoms with Crippen LogP contribution in [-0.4, -0.2) is 0 Å². The molecule has 0 fully saturated rings. The van der Waals surface area contributed by atoms with Crippen molar-refractivity contribution in [2.75, 3.05) is 0 Å². The standard InChI is InChI=1S/C42H24OS/c1-2-10-28-25(9-1)17-21-35-36-23-26(19-22-37(36)43-42(28)35)40-31-12-3-5-14-33(31)41(34-15-6-4-13-32(34)40)27-18-20-30-29-11-7-8-16-38(29)44-39(30)24-27/h1-24H. The van der Waals surface area contributed by atoms with Gasteiger partial charge in [0.1, 0.15) is 11.2 Å². The highest BCUT2D eigenvalue weighted by Crippen LogP contribution is 2.46. The van der Waals surface area contributed by atoms with Gasteiger partial charge < -0.3 is 4.42 Å². The largest absolute Gasteiger partial charge is 0.455 e. The Morgan fingerprint density at radius 2 is 0.909 bits per heavy atom. The van der Waals surface area contributed by atoms with Crippen LogP contribution in [0.5, 0.6) is 0 Å². The van der Waals surface area contributed by atoms with Crippen molar-refractivity contribution in [3.8, 4) is 22.3 Å². The molecule has 0 unspecified atom stereocenters. The molecule has 0 bridgehead atoms. The zero-order valence-electron chi connectivity index (χ0n) is 23.7. The van der Waals surface area contributed by atoms with Crippen LogP contribution in [0.3, 0.4) is 0 Å². The van der Waals surface area contributed by atoms with Gasteiger partial charge in [-0.2, -0.15) is 0 Å². The SMILES string of the molecule is c1ccc2c(c1)ccc1c3cc(-c4c5ccccc5c(-c5ccc6c(c5)sc5ccccc56)c5ccccc45)ccc3oc21. The third-order valence-corrected chi connectivity index (χ3v) is 10.4. The van der Waals surface area contributed by atoms with Crippen molar-refractivity contribution in [1.29, 1.82) is 0 Å². The molecule has 0 aliphatic rings. The average molecular weight is 577 g/mol. The fraction of sp³-hybridized carbons (Fsp3) is 0. The first-order valence-electron chi connectivity index (χ1n) is 15.0. The molecule has 1 nitrogen and oxygen atoms in total. The molecule has 0 saturated carbocycles. The molecule has 0 saturated heterocycles. The number of furan rings is 1. The third kappa shape index (κ3) is 3.35. The summed E-state index contributed by atoms with van der Waals surface area (Å²) < 4.78 is 9.12. The van der Waals surface area contributed by atoms with Crippen LogP contribution in [-0.2, 0) is 0 Å². The lowest BCUT2D eigenvalue weighted by Crippen LogP contribution is -1.90. The van der Waals surface area contributed by atoms with Gasteiger partial charge in [-0.15, -0.1) is 11.3 Å². The minimum Gasteiger partial charge on any atom is -0.455 e. The number of hydrogen-bond acceptors (Lipinski definition) is 2. The van der Waals surface area contributed by atoms with Crippen molar-refractivity contribution >= 4 is 85.8 Å². The van der Waals surface area contributed by atoms with Gasteiger partial charge in [-0.25, -0.2) is 0 Å². The highest BCUT2D eigenvalue weighted by atomic mass is 32.1. The molecule has 2 aromatic heterocycles. The second-order valence-electron chi connectivity index (χ2n) is 11.6. The van der Waals surface area contributed by atoms with Crippen molar-refractivity contribution in [3.63, 3.8) is 0 Å². The van der Waals surface area contributed by atoms with E-state index in [1.165, 1.54) is 69.4 Å². The van der Waals surface area contributed by atoms with Crippen LogP contribution in [0.25, 0.3) is 96.7 Å². The second kappa shape index (κ2) is 9.03. The number of benzene rings is 8. The molecule has 2 heteroatoms. The van der Waals surface area contributed by atoms with Gasteiger partial charge >= 0.3 is 0 Å². The maximum absolute atomic E-state index is 6.47. The number of fused-ring (bicyclic) bond motifs is 10. The second-order valence-corrected chi connectivity index (χ2v) is 12.7. The minimum atomic E-state index is 0.918. The molecular weight excluding hydrogens is 553 g/mol.